The highest BCUT2D eigenvalue weighted by Crippen LogP contribution is 2.57. The van der Waals surface area contributed by atoms with E-state index in [0.29, 0.717) is 29.8 Å². The molecule has 3 fully saturated rings. The van der Waals surface area contributed by atoms with Gasteiger partial charge in [-0.2, -0.15) is 4.98 Å². The van der Waals surface area contributed by atoms with Crippen molar-refractivity contribution >= 4 is 33.4 Å². The smallest absolute Gasteiger partial charge is 0.240 e. The number of benzene rings is 1. The molecule has 3 aliphatic carbocycles. The van der Waals surface area contributed by atoms with Crippen molar-refractivity contribution in [2.45, 2.75) is 93.7 Å². The van der Waals surface area contributed by atoms with Crippen molar-refractivity contribution in [3.8, 4) is 0 Å². The quantitative estimate of drug-likeness (QED) is 0.544. The predicted molar refractivity (Wildman–Crippen MR) is 136 cm³/mol. The zero-order valence-corrected chi connectivity index (χ0v) is 21.5. The Hall–Kier alpha value is -2.56. The van der Waals surface area contributed by atoms with Crippen LogP contribution in [-0.2, 0) is 20.2 Å². The highest BCUT2D eigenvalue weighted by molar-refractivity contribution is 7.89. The van der Waals surface area contributed by atoms with Crippen LogP contribution < -0.4 is 14.9 Å². The van der Waals surface area contributed by atoms with E-state index < -0.39 is 21.5 Å². The Morgan fingerprint density at radius 2 is 1.94 bits per heavy atom. The number of carbonyl (C=O) groups excluding carboxylic acids is 1. The van der Waals surface area contributed by atoms with E-state index in [1.54, 1.807) is 24.4 Å². The van der Waals surface area contributed by atoms with Gasteiger partial charge in [0.05, 0.1) is 16.4 Å². The molecule has 1 aliphatic heterocycles. The summed E-state index contributed by atoms with van der Waals surface area (Å²) in [6, 6.07) is 4.92. The third-order valence-corrected chi connectivity index (χ3v) is 9.84. The topological polar surface area (TPSA) is 125 Å². The Bertz CT molecular complexity index is 1320. The van der Waals surface area contributed by atoms with Crippen LogP contribution in [0, 0.1) is 12.8 Å². The summed E-state index contributed by atoms with van der Waals surface area (Å²) in [6.45, 7) is 3.97. The van der Waals surface area contributed by atoms with Crippen LogP contribution in [0.3, 0.4) is 0 Å². The summed E-state index contributed by atoms with van der Waals surface area (Å²) in [4.78, 5) is 24.7. The van der Waals surface area contributed by atoms with Gasteiger partial charge in [0.25, 0.3) is 0 Å². The Labute approximate surface area is 211 Å². The average Bonchev–Trinajstić information content (AvgIpc) is 3.57. The summed E-state index contributed by atoms with van der Waals surface area (Å²) in [5.74, 6) is 1.65. The van der Waals surface area contributed by atoms with Crippen LogP contribution >= 0.6 is 0 Å². The first-order valence-electron chi connectivity index (χ1n) is 13.0. The number of fused-ring (bicyclic) bond motifs is 2. The number of aliphatic hydroxyl groups excluding tert-OH is 1. The summed E-state index contributed by atoms with van der Waals surface area (Å²) in [6.07, 6.45) is 7.80. The van der Waals surface area contributed by atoms with Crippen LogP contribution in [0.5, 0.6) is 0 Å². The molecule has 192 valence electrons. The molecular weight excluding hydrogens is 478 g/mol. The van der Waals surface area contributed by atoms with Gasteiger partial charge in [0.15, 0.2) is 0 Å². The van der Waals surface area contributed by atoms with Crippen molar-refractivity contribution in [3.05, 3.63) is 35.5 Å². The lowest BCUT2D eigenvalue weighted by atomic mass is 9.83. The molecule has 1 spiro atoms. The van der Waals surface area contributed by atoms with E-state index >= 15 is 0 Å². The second-order valence-electron chi connectivity index (χ2n) is 11.2. The maximum Gasteiger partial charge on any atom is 0.240 e. The number of amides is 1. The Morgan fingerprint density at radius 1 is 1.17 bits per heavy atom. The average molecular weight is 512 g/mol. The molecular formula is C26H33N5O4S. The van der Waals surface area contributed by atoms with E-state index in [0.717, 1.165) is 56.1 Å². The minimum Gasteiger partial charge on any atom is -0.393 e. The van der Waals surface area contributed by atoms with Crippen LogP contribution in [-0.4, -0.2) is 47.6 Å². The third kappa shape index (κ3) is 3.99. The molecule has 2 heterocycles. The fourth-order valence-corrected chi connectivity index (χ4v) is 7.41. The van der Waals surface area contributed by atoms with Gasteiger partial charge in [-0.15, -0.1) is 0 Å². The van der Waals surface area contributed by atoms with Crippen molar-refractivity contribution in [2.75, 3.05) is 10.2 Å². The molecule has 2 aromatic rings. The van der Waals surface area contributed by atoms with Gasteiger partial charge in [-0.25, -0.2) is 18.1 Å². The number of carbonyl (C=O) groups is 1. The molecule has 2 atom stereocenters. The normalized spacial score (nSPS) is 28.6. The first-order chi connectivity index (χ1) is 17.2. The number of sulfonamides is 1. The van der Waals surface area contributed by atoms with Crippen molar-refractivity contribution in [1.82, 2.24) is 14.7 Å². The second-order valence-corrected chi connectivity index (χ2v) is 12.9. The fraction of sp³-hybridized carbons (Fsp3) is 0.577. The molecule has 0 bridgehead atoms. The molecule has 4 aliphatic rings. The zero-order valence-electron chi connectivity index (χ0n) is 20.7. The van der Waals surface area contributed by atoms with E-state index in [-0.39, 0.29) is 22.9 Å². The van der Waals surface area contributed by atoms with Gasteiger partial charge >= 0.3 is 0 Å². The van der Waals surface area contributed by atoms with Gasteiger partial charge in [-0.05, 0) is 88.0 Å². The van der Waals surface area contributed by atoms with Gasteiger partial charge in [0.1, 0.15) is 5.82 Å². The number of aliphatic hydroxyl groups is 1. The SMILES string of the molecule is Cc1cc(S(=O)(=O)NC2CC(C)C2)ccc1Nc1ncc2c(n1)N(C1CCCC(O)C1)C(=O)C21CC1. The maximum atomic E-state index is 13.4. The number of nitrogens with zero attached hydrogens (tertiary/aromatic N) is 3. The maximum absolute atomic E-state index is 13.4. The van der Waals surface area contributed by atoms with Crippen LogP contribution in [0.2, 0.25) is 0 Å². The second kappa shape index (κ2) is 8.49. The lowest BCUT2D eigenvalue weighted by molar-refractivity contribution is -0.121. The molecule has 3 N–H and O–H groups in total. The first-order valence-corrected chi connectivity index (χ1v) is 14.4. The first kappa shape index (κ1) is 23.8. The molecule has 1 aromatic carbocycles. The van der Waals surface area contributed by atoms with Crippen molar-refractivity contribution in [3.63, 3.8) is 0 Å². The molecule has 6 rings (SSSR count). The lowest BCUT2D eigenvalue weighted by Gasteiger charge is -2.33. The van der Waals surface area contributed by atoms with E-state index in [1.807, 2.05) is 11.8 Å². The minimum atomic E-state index is -3.57. The van der Waals surface area contributed by atoms with Crippen LogP contribution in [0.4, 0.5) is 17.5 Å². The molecule has 9 nitrogen and oxygen atoms in total. The Kier molecular flexibility index (Phi) is 5.62. The molecule has 0 radical (unpaired) electrons. The van der Waals surface area contributed by atoms with Gasteiger partial charge in [0, 0.05) is 29.5 Å². The molecule has 10 heteroatoms. The van der Waals surface area contributed by atoms with Crippen molar-refractivity contribution in [2.24, 2.45) is 5.92 Å². The number of aromatic nitrogens is 2. The Morgan fingerprint density at radius 3 is 2.61 bits per heavy atom. The zero-order chi connectivity index (χ0) is 25.2. The lowest BCUT2D eigenvalue weighted by Crippen LogP contribution is -2.44. The third-order valence-electron chi connectivity index (χ3n) is 8.32. The largest absolute Gasteiger partial charge is 0.393 e. The monoisotopic (exact) mass is 511 g/mol. The Balaban J connectivity index is 1.24. The highest BCUT2D eigenvalue weighted by Gasteiger charge is 2.61. The highest BCUT2D eigenvalue weighted by atomic mass is 32.2. The van der Waals surface area contributed by atoms with Crippen LogP contribution in [0.15, 0.2) is 29.3 Å². The number of nitrogens with one attached hydrogen (secondary N) is 2. The number of anilines is 3. The predicted octanol–water partition coefficient (Wildman–Crippen LogP) is 3.29. The number of aryl methyl sites for hydroxylation is 1. The van der Waals surface area contributed by atoms with Crippen molar-refractivity contribution < 1.29 is 18.3 Å². The molecule has 1 aromatic heterocycles. The summed E-state index contributed by atoms with van der Waals surface area (Å²) in [5, 5.41) is 13.4. The van der Waals surface area contributed by atoms with Crippen molar-refractivity contribution in [1.29, 1.82) is 0 Å². The van der Waals surface area contributed by atoms with E-state index in [4.69, 9.17) is 4.98 Å². The summed E-state index contributed by atoms with van der Waals surface area (Å²) in [5.41, 5.74) is 1.85. The van der Waals surface area contributed by atoms with Gasteiger partial charge < -0.3 is 10.4 Å². The molecule has 36 heavy (non-hydrogen) atoms. The molecule has 3 saturated carbocycles. The summed E-state index contributed by atoms with van der Waals surface area (Å²) >= 11 is 0. The summed E-state index contributed by atoms with van der Waals surface area (Å²) in [7, 11) is -3.57. The van der Waals surface area contributed by atoms with Crippen LogP contribution in [0.25, 0.3) is 0 Å². The van der Waals surface area contributed by atoms with E-state index in [2.05, 4.69) is 21.9 Å². The minimum absolute atomic E-state index is 0.00798. The van der Waals surface area contributed by atoms with Gasteiger partial charge in [-0.1, -0.05) is 6.92 Å². The van der Waals surface area contributed by atoms with E-state index in [1.165, 1.54) is 0 Å². The molecule has 1 amide bonds. The van der Waals surface area contributed by atoms with Gasteiger partial charge in [-0.3, -0.25) is 9.69 Å². The number of hydrogen-bond acceptors (Lipinski definition) is 7. The van der Waals surface area contributed by atoms with Gasteiger partial charge in [0.2, 0.25) is 21.9 Å². The van der Waals surface area contributed by atoms with E-state index in [9.17, 15) is 18.3 Å². The standard InChI is InChI=1S/C26H33N5O4S/c1-15-10-17(11-15)30-36(34,35)20-6-7-22(16(2)12-20)28-25-27-14-21-23(29-25)31(24(33)26(21)8-9-26)18-4-3-5-19(32)13-18/h6-7,12,14-15,17-19,30,32H,3-5,8-11,13H2,1-2H3,(H,27,28,29). The summed E-state index contributed by atoms with van der Waals surface area (Å²) < 4.78 is 28.4. The molecule has 2 unspecified atom stereocenters. The fourth-order valence-electron chi connectivity index (χ4n) is 6.07. The number of hydrogen-bond donors (Lipinski definition) is 3. The molecule has 0 saturated heterocycles. The van der Waals surface area contributed by atoms with Crippen LogP contribution in [0.1, 0.15) is 69.4 Å². The number of rotatable bonds is 6.